The van der Waals surface area contributed by atoms with Gasteiger partial charge >= 0.3 is 0 Å². The monoisotopic (exact) mass is 447 g/mol. The summed E-state index contributed by atoms with van der Waals surface area (Å²) in [6.07, 6.45) is 5.88. The third-order valence-electron chi connectivity index (χ3n) is 5.21. The van der Waals surface area contributed by atoms with Gasteiger partial charge in [0, 0.05) is 51.4 Å². The molecule has 2 unspecified atom stereocenters. The molecule has 1 aliphatic rings. The van der Waals surface area contributed by atoms with Crippen molar-refractivity contribution >= 4 is 35.0 Å². The number of hydrogen-bond donors (Lipinski definition) is 0. The molecule has 3 rings (SSSR count). The fourth-order valence-corrected chi connectivity index (χ4v) is 5.88. The normalized spacial score (nSPS) is 21.9. The molecule has 1 aromatic carbocycles. The zero-order valence-corrected chi connectivity index (χ0v) is 18.9. The zero-order valence-electron chi connectivity index (χ0n) is 16.6. The number of rotatable bonds is 7. The first-order valence-electron chi connectivity index (χ1n) is 9.39. The number of pyridine rings is 1. The van der Waals surface area contributed by atoms with E-state index in [1.165, 1.54) is 5.56 Å². The van der Waals surface area contributed by atoms with Crippen LogP contribution in [-0.4, -0.2) is 27.3 Å². The molecule has 0 saturated heterocycles. The second-order valence-corrected chi connectivity index (χ2v) is 9.58. The van der Waals surface area contributed by atoms with Crippen LogP contribution in [0.4, 0.5) is 0 Å². The first-order valence-corrected chi connectivity index (χ1v) is 11.0. The number of halogens is 2. The van der Waals surface area contributed by atoms with Gasteiger partial charge in [0.05, 0.1) is 4.87 Å². The minimum absolute atomic E-state index is 0.123. The molecule has 0 amide bonds. The van der Waals surface area contributed by atoms with Crippen LogP contribution in [0.5, 0.6) is 0 Å². The largest absolute Gasteiger partial charge is 0.274 e. The van der Waals surface area contributed by atoms with Crippen molar-refractivity contribution in [3.63, 3.8) is 0 Å². The van der Waals surface area contributed by atoms with Crippen LogP contribution in [0.25, 0.3) is 10.4 Å². The molecule has 0 aliphatic carbocycles. The molecule has 2 atom stereocenters. The van der Waals surface area contributed by atoms with Gasteiger partial charge in [-0.05, 0) is 59.8 Å². The molecule has 0 N–H and O–H groups in total. The van der Waals surface area contributed by atoms with Gasteiger partial charge in [0.2, 0.25) is 0 Å². The predicted molar refractivity (Wildman–Crippen MR) is 121 cm³/mol. The standard InChI is InChI=1S/C21H23Cl2N5S/c1-14(2)21(29-20-9-18(22)8-19(23)10-20)11-17(12-26-27-24)15(3)28(21)13-16-4-6-25-7-5-16/h4-11,14-15H,12-13H2,1-3H3. The number of hydrogen-bond acceptors (Lipinski definition) is 4. The number of azide groups is 1. The van der Waals surface area contributed by atoms with Crippen molar-refractivity contribution in [2.45, 2.75) is 43.1 Å². The topological polar surface area (TPSA) is 64.9 Å². The van der Waals surface area contributed by atoms with E-state index in [2.05, 4.69) is 46.8 Å². The van der Waals surface area contributed by atoms with Gasteiger partial charge in [-0.3, -0.25) is 9.88 Å². The Labute approximate surface area is 185 Å². The first-order chi connectivity index (χ1) is 13.9. The van der Waals surface area contributed by atoms with Crippen LogP contribution in [0, 0.1) is 5.92 Å². The van der Waals surface area contributed by atoms with Gasteiger partial charge in [0.1, 0.15) is 0 Å². The molecule has 0 bridgehead atoms. The Balaban J connectivity index is 2.06. The minimum atomic E-state index is -0.336. The summed E-state index contributed by atoms with van der Waals surface area (Å²) in [7, 11) is 0. The fraction of sp³-hybridized carbons (Fsp3) is 0.381. The average Bonchev–Trinajstić information content (AvgIpc) is 2.93. The van der Waals surface area contributed by atoms with Crippen molar-refractivity contribution in [2.24, 2.45) is 11.0 Å². The number of aromatic nitrogens is 1. The summed E-state index contributed by atoms with van der Waals surface area (Å²) in [5.74, 6) is 0.276. The summed E-state index contributed by atoms with van der Waals surface area (Å²) >= 11 is 14.3. The molecule has 5 nitrogen and oxygen atoms in total. The molecular weight excluding hydrogens is 425 g/mol. The Morgan fingerprint density at radius 1 is 1.24 bits per heavy atom. The highest BCUT2D eigenvalue weighted by Crippen LogP contribution is 2.50. The van der Waals surface area contributed by atoms with Crippen LogP contribution in [0.1, 0.15) is 26.3 Å². The molecule has 1 aliphatic heterocycles. The van der Waals surface area contributed by atoms with Gasteiger partial charge in [-0.2, -0.15) is 0 Å². The van der Waals surface area contributed by atoms with E-state index in [-0.39, 0.29) is 16.8 Å². The minimum Gasteiger partial charge on any atom is -0.274 e. The third-order valence-corrected chi connectivity index (χ3v) is 7.27. The van der Waals surface area contributed by atoms with Crippen LogP contribution < -0.4 is 0 Å². The fourth-order valence-electron chi connectivity index (χ4n) is 3.69. The Morgan fingerprint density at radius 2 is 1.90 bits per heavy atom. The molecule has 0 saturated carbocycles. The van der Waals surface area contributed by atoms with E-state index in [1.807, 2.05) is 36.7 Å². The van der Waals surface area contributed by atoms with Gasteiger partial charge in [-0.15, -0.1) is 0 Å². The highest BCUT2D eigenvalue weighted by Gasteiger charge is 2.47. The lowest BCUT2D eigenvalue weighted by atomic mass is 10.0. The zero-order chi connectivity index (χ0) is 21.0. The second-order valence-electron chi connectivity index (χ2n) is 7.38. The van der Waals surface area contributed by atoms with Crippen LogP contribution in [0.2, 0.25) is 10.0 Å². The second kappa shape index (κ2) is 9.41. The third kappa shape index (κ3) is 4.90. The Hall–Kier alpha value is -1.69. The maximum Gasteiger partial charge on any atom is 0.0937 e. The highest BCUT2D eigenvalue weighted by atomic mass is 35.5. The van der Waals surface area contributed by atoms with E-state index in [9.17, 15) is 0 Å². The van der Waals surface area contributed by atoms with E-state index < -0.39 is 0 Å². The lowest BCUT2D eigenvalue weighted by Gasteiger charge is -2.43. The van der Waals surface area contributed by atoms with Gasteiger partial charge < -0.3 is 0 Å². The Kier molecular flexibility index (Phi) is 7.14. The van der Waals surface area contributed by atoms with E-state index >= 15 is 0 Å². The van der Waals surface area contributed by atoms with E-state index in [0.29, 0.717) is 16.6 Å². The van der Waals surface area contributed by atoms with Crippen molar-refractivity contribution in [3.05, 3.63) is 80.4 Å². The maximum atomic E-state index is 8.83. The van der Waals surface area contributed by atoms with Gasteiger partial charge in [0.15, 0.2) is 0 Å². The molecule has 2 heterocycles. The van der Waals surface area contributed by atoms with E-state index in [0.717, 1.165) is 17.0 Å². The molecule has 0 fully saturated rings. The lowest BCUT2D eigenvalue weighted by Crippen LogP contribution is -2.48. The summed E-state index contributed by atoms with van der Waals surface area (Å²) in [6, 6.07) is 9.81. The van der Waals surface area contributed by atoms with Crippen LogP contribution in [-0.2, 0) is 6.54 Å². The smallest absolute Gasteiger partial charge is 0.0937 e. The summed E-state index contributed by atoms with van der Waals surface area (Å²) in [4.78, 5) is 10.2. The molecule has 8 heteroatoms. The summed E-state index contributed by atoms with van der Waals surface area (Å²) in [6.45, 7) is 7.68. The Bertz CT molecular complexity index is 923. The number of nitrogens with zero attached hydrogens (tertiary/aromatic N) is 5. The maximum absolute atomic E-state index is 8.83. The van der Waals surface area contributed by atoms with E-state index in [4.69, 9.17) is 28.7 Å². The van der Waals surface area contributed by atoms with Crippen molar-refractivity contribution in [3.8, 4) is 0 Å². The van der Waals surface area contributed by atoms with Crippen molar-refractivity contribution in [2.75, 3.05) is 6.54 Å². The SMILES string of the molecule is CC1C(CN=[N+]=[N-])=CC(Sc2cc(Cl)cc(Cl)c2)(C(C)C)N1Cc1ccncc1. The van der Waals surface area contributed by atoms with Crippen molar-refractivity contribution < 1.29 is 0 Å². The van der Waals surface area contributed by atoms with Gasteiger partial charge in [-0.25, -0.2) is 0 Å². The molecule has 0 radical (unpaired) electrons. The average molecular weight is 448 g/mol. The molecule has 29 heavy (non-hydrogen) atoms. The predicted octanol–water partition coefficient (Wildman–Crippen LogP) is 6.97. The molecular formula is C21H23Cl2N5S. The van der Waals surface area contributed by atoms with Gasteiger partial charge in [-0.1, -0.05) is 60.0 Å². The van der Waals surface area contributed by atoms with Crippen molar-refractivity contribution in [1.82, 2.24) is 9.88 Å². The lowest BCUT2D eigenvalue weighted by molar-refractivity contribution is 0.145. The molecule has 1 aromatic heterocycles. The van der Waals surface area contributed by atoms with Crippen molar-refractivity contribution in [1.29, 1.82) is 0 Å². The highest BCUT2D eigenvalue weighted by molar-refractivity contribution is 8.00. The quantitative estimate of drug-likeness (QED) is 0.199. The number of thioether (sulfide) groups is 1. The molecule has 2 aromatic rings. The molecule has 152 valence electrons. The van der Waals surface area contributed by atoms with Crippen LogP contribution >= 0.6 is 35.0 Å². The van der Waals surface area contributed by atoms with Gasteiger partial charge in [0.25, 0.3) is 0 Å². The van der Waals surface area contributed by atoms with Crippen LogP contribution in [0.3, 0.4) is 0 Å². The van der Waals surface area contributed by atoms with Crippen LogP contribution in [0.15, 0.2) is 64.4 Å². The summed E-state index contributed by atoms with van der Waals surface area (Å²) in [5.41, 5.74) is 11.1. The molecule has 0 spiro atoms. The number of benzene rings is 1. The Morgan fingerprint density at radius 3 is 2.48 bits per heavy atom. The van der Waals surface area contributed by atoms with E-state index in [1.54, 1.807) is 17.8 Å². The summed E-state index contributed by atoms with van der Waals surface area (Å²) in [5, 5.41) is 5.06. The first kappa shape index (κ1) is 22.0. The summed E-state index contributed by atoms with van der Waals surface area (Å²) < 4.78 is 0.